The van der Waals surface area contributed by atoms with Gasteiger partial charge in [0.2, 0.25) is 0 Å². The third kappa shape index (κ3) is 3.96. The van der Waals surface area contributed by atoms with E-state index < -0.39 is 7.05 Å². The minimum atomic E-state index is -2.43. The molecule has 0 fully saturated rings. The minimum Gasteiger partial charge on any atom is -0.234 e. The second-order valence-corrected chi connectivity index (χ2v) is 11.6. The van der Waals surface area contributed by atoms with E-state index in [1.54, 1.807) is 0 Å². The Bertz CT molecular complexity index is 1510. The number of rotatable bonds is 5. The summed E-state index contributed by atoms with van der Waals surface area (Å²) >= 11 is 0. The van der Waals surface area contributed by atoms with Crippen molar-refractivity contribution >= 4 is 28.8 Å². The van der Waals surface area contributed by atoms with Crippen molar-refractivity contribution in [1.82, 2.24) is 4.98 Å². The highest BCUT2D eigenvalue weighted by Crippen LogP contribution is 2.52. The highest BCUT2D eigenvalue weighted by Gasteiger charge is 2.29. The van der Waals surface area contributed by atoms with Crippen molar-refractivity contribution in [2.45, 2.75) is 0 Å². The molecule has 0 aromatic heterocycles. The molecule has 0 radical (unpaired) electrons. The Labute approximate surface area is 212 Å². The molecule has 4 aromatic carbocycles. The van der Waals surface area contributed by atoms with E-state index in [0.29, 0.717) is 0 Å². The normalized spacial score (nSPS) is 11.3. The van der Waals surface area contributed by atoms with Crippen molar-refractivity contribution in [3.05, 3.63) is 152 Å². The lowest BCUT2D eigenvalue weighted by molar-refractivity contribution is 1.36. The van der Waals surface area contributed by atoms with Crippen LogP contribution in [0, 0.1) is 0 Å². The molecule has 0 bridgehead atoms. The van der Waals surface area contributed by atoms with E-state index in [9.17, 15) is 0 Å². The van der Waals surface area contributed by atoms with Crippen LogP contribution in [0.2, 0.25) is 0 Å². The zero-order valence-electron chi connectivity index (χ0n) is 19.8. The summed E-state index contributed by atoms with van der Waals surface area (Å²) in [6.45, 7) is 0. The van der Waals surface area contributed by atoms with Gasteiger partial charge >= 0.3 is 0 Å². The molecule has 1 aliphatic carbocycles. The fourth-order valence-electron chi connectivity index (χ4n) is 4.79. The van der Waals surface area contributed by atoms with Crippen molar-refractivity contribution < 1.29 is 0 Å². The summed E-state index contributed by atoms with van der Waals surface area (Å²) in [6.07, 6.45) is 0. The molecular formula is C33H25N2P. The van der Waals surface area contributed by atoms with Crippen LogP contribution in [0.15, 0.2) is 156 Å². The topological polar surface area (TPSA) is 25.2 Å². The molecule has 0 saturated heterocycles. The summed E-state index contributed by atoms with van der Waals surface area (Å²) in [5.74, 6) is 0.785. The molecule has 1 heterocycles. The van der Waals surface area contributed by atoms with Crippen LogP contribution >= 0.6 is 7.05 Å². The predicted molar refractivity (Wildman–Crippen MR) is 154 cm³/mol. The van der Waals surface area contributed by atoms with Gasteiger partial charge in [-0.1, -0.05) is 146 Å². The molecule has 0 N–H and O–H groups in total. The Morgan fingerprint density at radius 3 is 1.36 bits per heavy atom. The maximum atomic E-state index is 5.73. The Morgan fingerprint density at radius 2 is 0.861 bits per heavy atom. The van der Waals surface area contributed by atoms with Gasteiger partial charge in [0.15, 0.2) is 5.82 Å². The van der Waals surface area contributed by atoms with Gasteiger partial charge in [-0.2, -0.15) is 0 Å². The molecule has 2 aliphatic rings. The highest BCUT2D eigenvalue weighted by atomic mass is 31.2. The summed E-state index contributed by atoms with van der Waals surface area (Å²) < 4.78 is 5.73. The fourth-order valence-corrected chi connectivity index (χ4v) is 8.27. The lowest BCUT2D eigenvalue weighted by atomic mass is 10.0. The summed E-state index contributed by atoms with van der Waals surface area (Å²) in [5, 5.41) is 3.62. The Hall–Kier alpha value is -4.26. The number of benzene rings is 4. The number of aromatic nitrogens is 1. The van der Waals surface area contributed by atoms with E-state index in [4.69, 9.17) is 9.73 Å². The van der Waals surface area contributed by atoms with Crippen LogP contribution in [0.3, 0.4) is 0 Å². The van der Waals surface area contributed by atoms with Crippen LogP contribution in [0.4, 0.5) is 5.82 Å². The van der Waals surface area contributed by atoms with E-state index in [-0.39, 0.29) is 0 Å². The first kappa shape index (κ1) is 22.2. The monoisotopic (exact) mass is 480 g/mol. The lowest BCUT2D eigenvalue weighted by Gasteiger charge is -2.26. The number of hydrogen-bond donors (Lipinski definition) is 0. The van der Waals surface area contributed by atoms with E-state index in [0.717, 1.165) is 28.2 Å². The van der Waals surface area contributed by atoms with Gasteiger partial charge in [-0.25, -0.2) is 9.73 Å². The molecule has 1 aliphatic heterocycles. The van der Waals surface area contributed by atoms with E-state index >= 15 is 0 Å². The smallest absolute Gasteiger partial charge is 0.160 e. The zero-order chi connectivity index (χ0) is 24.2. The summed E-state index contributed by atoms with van der Waals surface area (Å²) in [6, 6.07) is 53.0. The Morgan fingerprint density at radius 1 is 0.444 bits per heavy atom. The third-order valence-corrected chi connectivity index (χ3v) is 10.1. The van der Waals surface area contributed by atoms with Crippen LogP contribution < -0.4 is 15.9 Å². The zero-order valence-corrected chi connectivity index (χ0v) is 20.7. The number of hydrogen-bond acceptors (Lipinski definition) is 2. The van der Waals surface area contributed by atoms with E-state index in [1.807, 2.05) is 18.2 Å². The van der Waals surface area contributed by atoms with Crippen LogP contribution in [-0.4, -0.2) is 4.98 Å². The van der Waals surface area contributed by atoms with Crippen molar-refractivity contribution in [3.63, 3.8) is 0 Å². The molecule has 2 nitrogen and oxygen atoms in total. The molecule has 0 saturated carbocycles. The quantitative estimate of drug-likeness (QED) is 0.233. The van der Waals surface area contributed by atoms with Crippen molar-refractivity contribution in [3.8, 4) is 22.4 Å². The van der Waals surface area contributed by atoms with Gasteiger partial charge in [0, 0.05) is 27.0 Å². The van der Waals surface area contributed by atoms with Gasteiger partial charge < -0.3 is 0 Å². The Kier molecular flexibility index (Phi) is 6.03. The SMILES string of the molecule is c1ccc(-c2c3cccccc-3nc2N=P(c2ccccc2)(c2ccccc2)c2ccccc2)cc1. The van der Waals surface area contributed by atoms with Crippen LogP contribution in [-0.2, 0) is 0 Å². The van der Waals surface area contributed by atoms with Crippen LogP contribution in [0.5, 0.6) is 0 Å². The first-order valence-corrected chi connectivity index (χ1v) is 13.8. The predicted octanol–water partition coefficient (Wildman–Crippen LogP) is 7.66. The maximum absolute atomic E-state index is 5.73. The molecule has 36 heavy (non-hydrogen) atoms. The number of nitrogens with zero attached hydrogens (tertiary/aromatic N) is 2. The average molecular weight is 481 g/mol. The number of fused-ring (bicyclic) bond motifs is 1. The second kappa shape index (κ2) is 9.77. The molecule has 0 amide bonds. The Balaban J connectivity index is 1.78. The molecular weight excluding hydrogens is 455 g/mol. The van der Waals surface area contributed by atoms with Gasteiger partial charge in [0.25, 0.3) is 0 Å². The maximum Gasteiger partial charge on any atom is 0.160 e. The molecule has 6 rings (SSSR count). The highest BCUT2D eigenvalue weighted by molar-refractivity contribution is 7.87. The van der Waals surface area contributed by atoms with Crippen molar-refractivity contribution in [2.24, 2.45) is 4.74 Å². The first-order valence-electron chi connectivity index (χ1n) is 12.1. The minimum absolute atomic E-state index is 0.785. The first-order chi connectivity index (χ1) is 17.9. The second-order valence-electron chi connectivity index (χ2n) is 8.63. The molecule has 0 unspecified atom stereocenters. The van der Waals surface area contributed by atoms with E-state index in [1.165, 1.54) is 15.9 Å². The molecule has 0 atom stereocenters. The lowest BCUT2D eigenvalue weighted by Crippen LogP contribution is -2.25. The van der Waals surface area contributed by atoms with Crippen LogP contribution in [0.25, 0.3) is 22.4 Å². The largest absolute Gasteiger partial charge is 0.234 e. The van der Waals surface area contributed by atoms with Gasteiger partial charge in [-0.05, 0) is 11.6 Å². The molecule has 4 aromatic rings. The van der Waals surface area contributed by atoms with Gasteiger partial charge in [0.05, 0.1) is 12.7 Å². The fraction of sp³-hybridized carbons (Fsp3) is 0. The summed E-state index contributed by atoms with van der Waals surface area (Å²) in [7, 11) is -2.43. The van der Waals surface area contributed by atoms with Crippen molar-refractivity contribution in [2.75, 3.05) is 0 Å². The molecule has 3 heteroatoms. The van der Waals surface area contributed by atoms with Gasteiger partial charge in [-0.3, -0.25) is 0 Å². The standard InChI is InChI=1S/C33H25N2P/c1-6-16-26(17-7-1)32-30-24-14-5-15-25-31(30)34-33(32)35-36(27-18-8-2-9-19-27,28-20-10-3-11-21-28)29-22-12-4-13-23-29/h1-25H. The van der Waals surface area contributed by atoms with Crippen molar-refractivity contribution in [1.29, 1.82) is 0 Å². The average Bonchev–Trinajstić information content (AvgIpc) is 3.13. The van der Waals surface area contributed by atoms with Gasteiger partial charge in [0.1, 0.15) is 0 Å². The third-order valence-electron chi connectivity index (χ3n) is 6.43. The van der Waals surface area contributed by atoms with Crippen LogP contribution in [0.1, 0.15) is 0 Å². The molecule has 0 spiro atoms. The summed E-state index contributed by atoms with van der Waals surface area (Å²) in [4.78, 5) is 5.15. The molecule has 172 valence electrons. The van der Waals surface area contributed by atoms with E-state index in [2.05, 4.69) is 133 Å². The summed E-state index contributed by atoms with van der Waals surface area (Å²) in [5.41, 5.74) is 4.26. The van der Waals surface area contributed by atoms with Gasteiger partial charge in [-0.15, -0.1) is 0 Å².